The van der Waals surface area contributed by atoms with E-state index in [1.54, 1.807) is 41.6 Å². The van der Waals surface area contributed by atoms with E-state index in [9.17, 15) is 24.0 Å². The van der Waals surface area contributed by atoms with Crippen LogP contribution in [0.1, 0.15) is 47.0 Å². The number of amides is 6. The first kappa shape index (κ1) is 41.6. The van der Waals surface area contributed by atoms with Gasteiger partial charge in [0.15, 0.2) is 5.75 Å². The molecular formula is C34H41Cl3N6O7. The van der Waals surface area contributed by atoms with E-state index in [-0.39, 0.29) is 36.6 Å². The minimum Gasteiger partial charge on any atom is -0.508 e. The number of halogens is 3. The molecule has 1 unspecified atom stereocenters. The van der Waals surface area contributed by atoms with E-state index in [1.165, 1.54) is 36.0 Å². The number of urea groups is 1. The fourth-order valence-corrected chi connectivity index (χ4v) is 5.68. The zero-order chi connectivity index (χ0) is 37.4. The molecule has 1 aromatic heterocycles. The number of ether oxygens (including phenoxy) is 1. The molecule has 1 atom stereocenters. The minimum atomic E-state index is -1.20. The summed E-state index contributed by atoms with van der Waals surface area (Å²) in [5.74, 6) is -0.774. The van der Waals surface area contributed by atoms with Crippen molar-refractivity contribution in [2.24, 2.45) is 11.3 Å². The number of carbonyl (C=O) groups excluding carboxylic acids is 5. The van der Waals surface area contributed by atoms with Crippen molar-refractivity contribution in [1.82, 2.24) is 25.1 Å². The van der Waals surface area contributed by atoms with E-state index in [0.717, 1.165) is 6.42 Å². The Morgan fingerprint density at radius 1 is 1.08 bits per heavy atom. The average molecular weight is 752 g/mol. The Kier molecular flexibility index (Phi) is 16.8. The van der Waals surface area contributed by atoms with Gasteiger partial charge in [-0.15, -0.1) is 6.58 Å². The van der Waals surface area contributed by atoms with E-state index in [1.807, 2.05) is 20.8 Å². The first-order valence-electron chi connectivity index (χ1n) is 15.6. The van der Waals surface area contributed by atoms with E-state index in [0.29, 0.717) is 46.0 Å². The fraction of sp³-hybridized carbons (Fsp3) is 0.353. The van der Waals surface area contributed by atoms with Gasteiger partial charge < -0.3 is 20.1 Å². The maximum atomic E-state index is 12.3. The van der Waals surface area contributed by atoms with Crippen LogP contribution in [0.4, 0.5) is 15.3 Å². The van der Waals surface area contributed by atoms with Crippen molar-refractivity contribution >= 4 is 70.3 Å². The Balaban J connectivity index is 0.000000279. The van der Waals surface area contributed by atoms with Crippen LogP contribution in [0.3, 0.4) is 0 Å². The molecule has 13 nitrogen and oxygen atoms in total. The monoisotopic (exact) mass is 750 g/mol. The molecule has 0 saturated carbocycles. The number of allylic oxidation sites excluding steroid dienone is 1. The number of benzene rings is 2. The van der Waals surface area contributed by atoms with E-state index in [2.05, 4.69) is 27.5 Å². The van der Waals surface area contributed by atoms with Gasteiger partial charge in [0.1, 0.15) is 24.1 Å². The number of anilines is 1. The quantitative estimate of drug-likeness (QED) is 0.0930. The van der Waals surface area contributed by atoms with E-state index < -0.39 is 23.3 Å². The van der Waals surface area contributed by atoms with Crippen molar-refractivity contribution in [3.8, 4) is 11.5 Å². The highest BCUT2D eigenvalue weighted by atomic mass is 35.5. The Labute approximate surface area is 305 Å². The molecule has 6 amide bonds. The zero-order valence-electron chi connectivity index (χ0n) is 28.2. The van der Waals surface area contributed by atoms with Gasteiger partial charge in [0.2, 0.25) is 17.7 Å². The predicted molar refractivity (Wildman–Crippen MR) is 193 cm³/mol. The number of imide groups is 2. The second kappa shape index (κ2) is 20.2. The van der Waals surface area contributed by atoms with Crippen LogP contribution < -0.4 is 20.7 Å². The normalized spacial score (nSPS) is 13.6. The van der Waals surface area contributed by atoms with Crippen molar-refractivity contribution in [3.05, 3.63) is 82.8 Å². The van der Waals surface area contributed by atoms with Gasteiger partial charge >= 0.3 is 12.1 Å². The lowest BCUT2D eigenvalue weighted by Gasteiger charge is -2.37. The van der Waals surface area contributed by atoms with E-state index in [4.69, 9.17) is 44.6 Å². The number of nitrogens with one attached hydrogen (secondary N) is 3. The van der Waals surface area contributed by atoms with Crippen molar-refractivity contribution < 1.29 is 33.8 Å². The average Bonchev–Trinajstić information content (AvgIpc) is 3.60. The van der Waals surface area contributed by atoms with Crippen LogP contribution in [-0.2, 0) is 14.4 Å². The lowest BCUT2D eigenvalue weighted by atomic mass is 9.70. The van der Waals surface area contributed by atoms with Crippen LogP contribution in [0.25, 0.3) is 0 Å². The molecule has 0 bridgehead atoms. The second-order valence-corrected chi connectivity index (χ2v) is 12.3. The summed E-state index contributed by atoms with van der Waals surface area (Å²) >= 11 is 18.0. The van der Waals surface area contributed by atoms with Crippen LogP contribution in [0.5, 0.6) is 11.5 Å². The molecule has 0 spiro atoms. The number of aromatic hydroxyl groups is 1. The summed E-state index contributed by atoms with van der Waals surface area (Å²) in [6, 6.07) is 8.53. The molecular weight excluding hydrogens is 711 g/mol. The summed E-state index contributed by atoms with van der Waals surface area (Å²) in [7, 11) is 0. The first-order chi connectivity index (χ1) is 23.7. The maximum Gasteiger partial charge on any atom is 0.329 e. The molecule has 2 heterocycles. The number of phenolic OH excluding ortho intramolecular Hbond substituents is 1. The summed E-state index contributed by atoms with van der Waals surface area (Å²) in [5, 5.41) is 16.9. The minimum absolute atomic E-state index is 0.115. The summed E-state index contributed by atoms with van der Waals surface area (Å²) in [4.78, 5) is 63.2. The molecule has 1 fully saturated rings. The number of hydrogen-bond donors (Lipinski definition) is 4. The first-order valence-corrected chi connectivity index (χ1v) is 16.7. The van der Waals surface area contributed by atoms with Gasteiger partial charge in [-0.05, 0) is 55.2 Å². The number of nitrogens with zero attached hydrogens (tertiary/aromatic N) is 3. The highest BCUT2D eigenvalue weighted by molar-refractivity contribution is 6.40. The van der Waals surface area contributed by atoms with Crippen LogP contribution in [0.2, 0.25) is 15.1 Å². The van der Waals surface area contributed by atoms with Crippen molar-refractivity contribution in [2.75, 3.05) is 25.0 Å². The number of carbonyl (C=O) groups is 5. The van der Waals surface area contributed by atoms with Crippen molar-refractivity contribution in [1.29, 1.82) is 0 Å². The lowest BCUT2D eigenvalue weighted by Crippen LogP contribution is -2.64. The number of imidazole rings is 1. The summed E-state index contributed by atoms with van der Waals surface area (Å²) in [6.45, 7) is 12.0. The van der Waals surface area contributed by atoms with Gasteiger partial charge in [-0.1, -0.05) is 68.1 Å². The van der Waals surface area contributed by atoms with Crippen LogP contribution in [-0.4, -0.2) is 69.0 Å². The molecule has 0 aliphatic carbocycles. The summed E-state index contributed by atoms with van der Waals surface area (Å²) in [5.41, 5.74) is -0.514. The lowest BCUT2D eigenvalue weighted by molar-refractivity contribution is -0.148. The maximum absolute atomic E-state index is 12.3. The van der Waals surface area contributed by atoms with Crippen LogP contribution >= 0.6 is 34.8 Å². The summed E-state index contributed by atoms with van der Waals surface area (Å²) < 4.78 is 7.05. The van der Waals surface area contributed by atoms with Gasteiger partial charge in [-0.3, -0.25) is 29.6 Å². The molecule has 1 aliphatic rings. The molecule has 3 aromatic rings. The third-order valence-corrected chi connectivity index (χ3v) is 8.21. The molecule has 4 rings (SSSR count). The Morgan fingerprint density at radius 2 is 1.68 bits per heavy atom. The molecule has 1 aliphatic heterocycles. The molecule has 50 heavy (non-hydrogen) atoms. The van der Waals surface area contributed by atoms with Gasteiger partial charge in [-0.25, -0.2) is 14.6 Å². The highest BCUT2D eigenvalue weighted by Gasteiger charge is 2.52. The van der Waals surface area contributed by atoms with Crippen LogP contribution in [0.15, 0.2) is 67.8 Å². The highest BCUT2D eigenvalue weighted by Crippen LogP contribution is 2.37. The van der Waals surface area contributed by atoms with Crippen LogP contribution in [0, 0.1) is 11.3 Å². The van der Waals surface area contributed by atoms with E-state index >= 15 is 0 Å². The largest absolute Gasteiger partial charge is 0.508 e. The molecule has 270 valence electrons. The third-order valence-electron chi connectivity index (χ3n) is 7.43. The van der Waals surface area contributed by atoms with Crippen molar-refractivity contribution in [3.63, 3.8) is 0 Å². The van der Waals surface area contributed by atoms with Gasteiger partial charge in [-0.2, -0.15) is 0 Å². The smallest absolute Gasteiger partial charge is 0.329 e. The topological polar surface area (TPSA) is 172 Å². The SMILES string of the molecule is C=CCC1(C(C)CC)C(=O)NC(=O)NC1=O.CC(=O)Nc1ccc(O)cc1.CCCN(CCOc1c(Cl)cc(Cl)cc1Cl)C(=O)n1ccnc1. The predicted octanol–water partition coefficient (Wildman–Crippen LogP) is 6.91. The van der Waals surface area contributed by atoms with Crippen molar-refractivity contribution in [2.45, 2.75) is 47.0 Å². The van der Waals surface area contributed by atoms with Gasteiger partial charge in [0.25, 0.3) is 0 Å². The fourth-order valence-electron chi connectivity index (χ4n) is 4.76. The molecule has 2 aromatic carbocycles. The number of phenols is 1. The third kappa shape index (κ3) is 11.8. The van der Waals surface area contributed by atoms with Gasteiger partial charge in [0.05, 0.1) is 16.6 Å². The molecule has 4 N–H and O–H groups in total. The Bertz CT molecular complexity index is 1590. The summed E-state index contributed by atoms with van der Waals surface area (Å²) in [6.07, 6.45) is 7.91. The Morgan fingerprint density at radius 3 is 2.16 bits per heavy atom. The molecule has 1 saturated heterocycles. The molecule has 0 radical (unpaired) electrons. The molecule has 16 heteroatoms. The zero-order valence-corrected chi connectivity index (χ0v) is 30.4. The Hall–Kier alpha value is -4.59. The number of aromatic nitrogens is 2. The second-order valence-electron chi connectivity index (χ2n) is 11.0. The number of barbiturate groups is 1. The standard InChI is InChI=1S/C15H16Cl3N3O2.C11H16N2O3.C8H9NO2/c1-2-4-20(15(22)21-5-3-19-10-21)6-7-23-14-12(17)8-11(16)9-13(14)18;1-4-6-11(7(3)5-2)8(14)12-10(16)13-9(11)15;1-6(10)9-7-2-4-8(11)5-3-7/h3,5,8-10H,2,4,6-7H2,1H3;4,7H,1,5-6H2,2-3H3,(H2,12,13,14,15,16);2-5,11H,1H3,(H,9,10). The number of hydrogen-bond acceptors (Lipinski definition) is 8. The van der Waals surface area contributed by atoms with Gasteiger partial charge in [0, 0.05) is 36.6 Å². The number of rotatable bonds is 11.